The zero-order chi connectivity index (χ0) is 16.1. The lowest BCUT2D eigenvalue weighted by Crippen LogP contribution is -1.88. The van der Waals surface area contributed by atoms with Gasteiger partial charge in [0, 0.05) is 11.4 Å². The molecule has 2 aromatic carbocycles. The van der Waals surface area contributed by atoms with Crippen LogP contribution in [0.15, 0.2) is 76.1 Å². The fraction of sp³-hybridized carbons (Fsp3) is 0. The number of hydrogen-bond acceptors (Lipinski definition) is 5. The summed E-state index contributed by atoms with van der Waals surface area (Å²) in [5.74, 6) is 0.0389. The van der Waals surface area contributed by atoms with Crippen LogP contribution in [0.1, 0.15) is 5.76 Å². The number of nitrogens with one attached hydrogen (secondary N) is 1. The summed E-state index contributed by atoms with van der Waals surface area (Å²) in [4.78, 5) is 14.2. The van der Waals surface area contributed by atoms with Crippen LogP contribution in [0.5, 0.6) is 0 Å². The third kappa shape index (κ3) is 3.82. The van der Waals surface area contributed by atoms with Crippen molar-refractivity contribution in [3.05, 3.63) is 82.6 Å². The lowest BCUT2D eigenvalue weighted by atomic mass is 10.2. The molecule has 0 spiro atoms. The van der Waals surface area contributed by atoms with Gasteiger partial charge in [-0.15, -0.1) is 0 Å². The summed E-state index contributed by atoms with van der Waals surface area (Å²) in [6.45, 7) is 0. The van der Waals surface area contributed by atoms with Gasteiger partial charge in [0.1, 0.15) is 4.92 Å². The van der Waals surface area contributed by atoms with E-state index >= 15 is 0 Å². The fourth-order valence-electron chi connectivity index (χ4n) is 1.97. The number of hydrogen-bond donors (Lipinski definition) is 1. The summed E-state index contributed by atoms with van der Waals surface area (Å²) in [7, 11) is 0. The van der Waals surface area contributed by atoms with Crippen LogP contribution in [0, 0.1) is 10.1 Å². The van der Waals surface area contributed by atoms with E-state index in [0.29, 0.717) is 5.76 Å². The van der Waals surface area contributed by atoms with Gasteiger partial charge in [-0.25, -0.2) is 0 Å². The number of nitro groups is 1. The number of rotatable bonds is 5. The second-order valence-electron chi connectivity index (χ2n) is 4.73. The minimum atomic E-state index is -0.582. The maximum atomic E-state index is 10.5. The maximum absolute atomic E-state index is 10.5. The van der Waals surface area contributed by atoms with Gasteiger partial charge in [-0.05, 0) is 42.5 Å². The van der Waals surface area contributed by atoms with Gasteiger partial charge in [0.15, 0.2) is 5.76 Å². The van der Waals surface area contributed by atoms with Gasteiger partial charge in [0.05, 0.1) is 18.0 Å². The highest BCUT2D eigenvalue weighted by atomic mass is 16.6. The third-order valence-corrected chi connectivity index (χ3v) is 3.06. The highest BCUT2D eigenvalue weighted by Crippen LogP contribution is 2.21. The van der Waals surface area contributed by atoms with Crippen molar-refractivity contribution in [2.45, 2.75) is 0 Å². The number of nitrogens with zero attached hydrogens (tertiary/aromatic N) is 2. The van der Waals surface area contributed by atoms with Gasteiger partial charge >= 0.3 is 5.88 Å². The molecule has 0 amide bonds. The van der Waals surface area contributed by atoms with Crippen molar-refractivity contribution < 1.29 is 9.34 Å². The molecule has 1 N–H and O–H groups in total. The normalized spacial score (nSPS) is 10.8. The van der Waals surface area contributed by atoms with Crippen molar-refractivity contribution in [1.29, 1.82) is 0 Å². The van der Waals surface area contributed by atoms with Gasteiger partial charge in [-0.3, -0.25) is 15.1 Å². The lowest BCUT2D eigenvalue weighted by molar-refractivity contribution is -0.402. The number of anilines is 2. The Hall–Kier alpha value is -3.41. The molecule has 1 heterocycles. The van der Waals surface area contributed by atoms with Gasteiger partial charge in [-0.1, -0.05) is 18.2 Å². The van der Waals surface area contributed by atoms with Gasteiger partial charge in [0.2, 0.25) is 0 Å². The van der Waals surface area contributed by atoms with Crippen molar-refractivity contribution >= 4 is 29.2 Å². The zero-order valence-electron chi connectivity index (χ0n) is 12.0. The van der Waals surface area contributed by atoms with Crippen molar-refractivity contribution in [2.75, 3.05) is 5.32 Å². The van der Waals surface area contributed by atoms with Crippen molar-refractivity contribution in [3.63, 3.8) is 0 Å². The van der Waals surface area contributed by atoms with E-state index in [9.17, 15) is 10.1 Å². The van der Waals surface area contributed by atoms with Crippen molar-refractivity contribution in [2.24, 2.45) is 4.99 Å². The molecule has 114 valence electrons. The van der Waals surface area contributed by atoms with Crippen LogP contribution < -0.4 is 5.32 Å². The number of para-hydroxylation sites is 1. The Morgan fingerprint density at radius 1 is 0.957 bits per heavy atom. The molecule has 3 rings (SSSR count). The fourth-order valence-corrected chi connectivity index (χ4v) is 1.97. The second-order valence-corrected chi connectivity index (χ2v) is 4.73. The molecule has 1 aromatic heterocycles. The number of aliphatic imine (C=N–C) groups is 1. The van der Waals surface area contributed by atoms with Gasteiger partial charge in [0.25, 0.3) is 0 Å². The molecular formula is C17H13N3O3. The molecule has 23 heavy (non-hydrogen) atoms. The van der Waals surface area contributed by atoms with Gasteiger partial charge < -0.3 is 9.73 Å². The number of furan rings is 1. The number of benzene rings is 2. The molecule has 0 radical (unpaired) electrons. The largest absolute Gasteiger partial charge is 0.433 e. The Balaban J connectivity index is 1.67. The third-order valence-electron chi connectivity index (χ3n) is 3.06. The van der Waals surface area contributed by atoms with Crippen LogP contribution >= 0.6 is 0 Å². The average Bonchev–Trinajstić information content (AvgIpc) is 3.04. The van der Waals surface area contributed by atoms with E-state index in [1.54, 1.807) is 0 Å². The molecule has 0 aliphatic heterocycles. The first-order valence-corrected chi connectivity index (χ1v) is 6.91. The van der Waals surface area contributed by atoms with E-state index in [-0.39, 0.29) is 5.88 Å². The molecule has 6 heteroatoms. The predicted octanol–water partition coefficient (Wildman–Crippen LogP) is 4.68. The van der Waals surface area contributed by atoms with Crippen LogP contribution in [0.3, 0.4) is 0 Å². The molecule has 0 saturated carbocycles. The molecule has 0 saturated heterocycles. The molecular weight excluding hydrogens is 294 g/mol. The smallest absolute Gasteiger partial charge is 0.400 e. The second kappa shape index (κ2) is 6.57. The summed E-state index contributed by atoms with van der Waals surface area (Å²) < 4.78 is 5.01. The summed E-state index contributed by atoms with van der Waals surface area (Å²) >= 11 is 0. The van der Waals surface area contributed by atoms with E-state index in [2.05, 4.69) is 10.3 Å². The summed E-state index contributed by atoms with van der Waals surface area (Å²) in [6, 6.07) is 20.2. The SMILES string of the molecule is O=[N+]([O-])c1ccc(C=Nc2ccc(Nc3ccccc3)cc2)o1. The first-order valence-electron chi connectivity index (χ1n) is 6.91. The van der Waals surface area contributed by atoms with E-state index in [4.69, 9.17) is 4.42 Å². The maximum Gasteiger partial charge on any atom is 0.433 e. The quantitative estimate of drug-likeness (QED) is 0.421. The predicted molar refractivity (Wildman–Crippen MR) is 88.8 cm³/mol. The van der Waals surface area contributed by atoms with Crippen molar-refractivity contribution in [1.82, 2.24) is 0 Å². The van der Waals surface area contributed by atoms with Crippen LogP contribution in [0.25, 0.3) is 0 Å². The van der Waals surface area contributed by atoms with Crippen LogP contribution in [-0.2, 0) is 0 Å². The van der Waals surface area contributed by atoms with Crippen molar-refractivity contribution in [3.8, 4) is 0 Å². The zero-order valence-corrected chi connectivity index (χ0v) is 12.0. The first-order chi connectivity index (χ1) is 11.2. The Bertz CT molecular complexity index is 824. The summed E-state index contributed by atoms with van der Waals surface area (Å²) in [6.07, 6.45) is 1.45. The highest BCUT2D eigenvalue weighted by Gasteiger charge is 2.10. The lowest BCUT2D eigenvalue weighted by Gasteiger charge is -2.05. The molecule has 0 atom stereocenters. The minimum absolute atomic E-state index is 0.297. The molecule has 6 nitrogen and oxygen atoms in total. The average molecular weight is 307 g/mol. The van der Waals surface area contributed by atoms with E-state index < -0.39 is 4.92 Å². The molecule has 0 aliphatic rings. The molecule has 0 bridgehead atoms. The Labute approximate surface area is 132 Å². The molecule has 0 unspecified atom stereocenters. The van der Waals surface area contributed by atoms with E-state index in [1.807, 2.05) is 54.6 Å². The highest BCUT2D eigenvalue weighted by molar-refractivity contribution is 5.79. The Morgan fingerprint density at radius 2 is 1.65 bits per heavy atom. The van der Waals surface area contributed by atoms with E-state index in [0.717, 1.165) is 17.1 Å². The monoisotopic (exact) mass is 307 g/mol. The van der Waals surface area contributed by atoms with Gasteiger partial charge in [-0.2, -0.15) is 0 Å². The van der Waals surface area contributed by atoms with Crippen LogP contribution in [-0.4, -0.2) is 11.1 Å². The molecule has 0 aliphatic carbocycles. The Kier molecular flexibility index (Phi) is 4.15. The summed E-state index contributed by atoms with van der Waals surface area (Å²) in [5.41, 5.74) is 2.68. The summed E-state index contributed by atoms with van der Waals surface area (Å²) in [5, 5.41) is 13.8. The standard InChI is InChI=1S/C17H13N3O3/c21-20(22)17-11-10-16(23-17)12-18-13-6-8-15(9-7-13)19-14-4-2-1-3-5-14/h1-12,19H. The Morgan fingerprint density at radius 3 is 2.30 bits per heavy atom. The minimum Gasteiger partial charge on any atom is -0.400 e. The molecule has 0 fully saturated rings. The van der Waals surface area contributed by atoms with Crippen LogP contribution in [0.4, 0.5) is 22.9 Å². The molecule has 3 aromatic rings. The van der Waals surface area contributed by atoms with E-state index in [1.165, 1.54) is 18.3 Å². The topological polar surface area (TPSA) is 80.7 Å². The van der Waals surface area contributed by atoms with Crippen LogP contribution in [0.2, 0.25) is 0 Å². The first kappa shape index (κ1) is 14.5.